The molecule has 3 N–H and O–H groups in total. The molecule has 1 unspecified atom stereocenters. The summed E-state index contributed by atoms with van der Waals surface area (Å²) >= 11 is 1.33. The van der Waals surface area contributed by atoms with Gasteiger partial charge in [0.1, 0.15) is 0 Å². The van der Waals surface area contributed by atoms with Crippen molar-refractivity contribution in [1.82, 2.24) is 20.4 Å². The Labute approximate surface area is 175 Å². The normalized spacial score (nSPS) is 16.7. The van der Waals surface area contributed by atoms with E-state index in [-0.39, 0.29) is 0 Å². The van der Waals surface area contributed by atoms with Crippen molar-refractivity contribution >= 4 is 23.2 Å². The fourth-order valence-electron chi connectivity index (χ4n) is 3.49. The number of alkyl halides is 3. The Morgan fingerprint density at radius 2 is 1.90 bits per heavy atom. The lowest BCUT2D eigenvalue weighted by molar-refractivity contribution is -0.271. The first-order valence-corrected chi connectivity index (χ1v) is 10.4. The third kappa shape index (κ3) is 4.67. The molecule has 0 bridgehead atoms. The molecule has 0 fully saturated rings. The number of hydrogen-bond acceptors (Lipinski definition) is 5. The first kappa shape index (κ1) is 22.3. The molecule has 1 aliphatic rings. The smallest absolute Gasteiger partial charge is 0.374 e. The molecule has 0 saturated heterocycles. The summed E-state index contributed by atoms with van der Waals surface area (Å²) < 4.78 is 41.5. The van der Waals surface area contributed by atoms with Crippen LogP contribution in [0.3, 0.4) is 0 Å². The minimum absolute atomic E-state index is 0.386. The number of aromatic nitrogens is 2. The molecule has 1 atom stereocenters. The number of nitrogens with one attached hydrogen (secondary N) is 2. The zero-order valence-corrected chi connectivity index (χ0v) is 17.2. The second kappa shape index (κ2) is 8.76. The van der Waals surface area contributed by atoms with Gasteiger partial charge in [0, 0.05) is 24.3 Å². The SMILES string of the molecule is Cn1ccnc1C(O)(CC(=O)NNC(=O)c1cc2c(s1)CCCCCC2)C(F)(F)F. The number of fused-ring (bicyclic) bond motifs is 1. The Bertz CT molecular complexity index is 899. The van der Waals surface area contributed by atoms with Crippen LogP contribution in [-0.4, -0.2) is 32.6 Å². The maximum atomic E-state index is 13.5. The van der Waals surface area contributed by atoms with E-state index in [1.54, 1.807) is 6.07 Å². The van der Waals surface area contributed by atoms with Crippen molar-refractivity contribution in [3.05, 3.63) is 39.6 Å². The summed E-state index contributed by atoms with van der Waals surface area (Å²) in [5.74, 6) is -2.51. The van der Waals surface area contributed by atoms with Crippen molar-refractivity contribution < 1.29 is 27.9 Å². The number of thiophene rings is 1. The van der Waals surface area contributed by atoms with Crippen molar-refractivity contribution in [3.8, 4) is 0 Å². The van der Waals surface area contributed by atoms with Crippen LogP contribution >= 0.6 is 11.3 Å². The van der Waals surface area contributed by atoms with Crippen molar-refractivity contribution in [1.29, 1.82) is 0 Å². The van der Waals surface area contributed by atoms with E-state index in [4.69, 9.17) is 0 Å². The van der Waals surface area contributed by atoms with Crippen molar-refractivity contribution in [2.24, 2.45) is 7.05 Å². The minimum Gasteiger partial charge on any atom is -0.374 e. The van der Waals surface area contributed by atoms with E-state index >= 15 is 0 Å². The van der Waals surface area contributed by atoms with E-state index in [1.807, 2.05) is 5.43 Å². The van der Waals surface area contributed by atoms with E-state index in [0.29, 0.717) is 4.88 Å². The number of aryl methyl sites for hydroxylation is 3. The third-order valence-corrected chi connectivity index (χ3v) is 6.35. The Morgan fingerprint density at radius 3 is 2.53 bits per heavy atom. The lowest BCUT2D eigenvalue weighted by atomic mass is 9.97. The van der Waals surface area contributed by atoms with Crippen LogP contribution in [0.15, 0.2) is 18.5 Å². The number of hydrogen-bond donors (Lipinski definition) is 3. The molecule has 2 aromatic rings. The Morgan fingerprint density at radius 1 is 1.20 bits per heavy atom. The summed E-state index contributed by atoms with van der Waals surface area (Å²) in [5, 5.41) is 10.2. The summed E-state index contributed by atoms with van der Waals surface area (Å²) in [6.07, 6.45) is 2.00. The lowest BCUT2D eigenvalue weighted by Gasteiger charge is -2.29. The van der Waals surface area contributed by atoms with Crippen LogP contribution in [0, 0.1) is 0 Å². The molecule has 0 saturated carbocycles. The molecule has 164 valence electrons. The van der Waals surface area contributed by atoms with Gasteiger partial charge in [-0.2, -0.15) is 13.2 Å². The van der Waals surface area contributed by atoms with Crippen molar-refractivity contribution in [2.75, 3.05) is 0 Å². The molecule has 0 radical (unpaired) electrons. The quantitative estimate of drug-likeness (QED) is 0.632. The predicted octanol–water partition coefficient (Wildman–Crippen LogP) is 2.74. The first-order chi connectivity index (χ1) is 14.1. The Hall–Kier alpha value is -2.40. The van der Waals surface area contributed by atoms with Crippen LogP contribution in [0.25, 0.3) is 0 Å². The molecule has 11 heteroatoms. The second-order valence-corrected chi connectivity index (χ2v) is 8.51. The number of carbonyl (C=O) groups is 2. The summed E-state index contributed by atoms with van der Waals surface area (Å²) in [7, 11) is 1.28. The summed E-state index contributed by atoms with van der Waals surface area (Å²) in [6, 6.07) is 1.77. The monoisotopic (exact) mass is 444 g/mol. The van der Waals surface area contributed by atoms with Gasteiger partial charge in [-0.3, -0.25) is 20.4 Å². The molecule has 30 heavy (non-hydrogen) atoms. The topological polar surface area (TPSA) is 96.2 Å². The molecule has 0 aromatic carbocycles. The largest absolute Gasteiger partial charge is 0.425 e. The van der Waals surface area contributed by atoms with Gasteiger partial charge in [-0.1, -0.05) is 12.8 Å². The van der Waals surface area contributed by atoms with Gasteiger partial charge in [-0.25, -0.2) is 4.98 Å². The molecule has 1 aliphatic carbocycles. The van der Waals surface area contributed by atoms with Crippen LogP contribution in [0.2, 0.25) is 0 Å². The van der Waals surface area contributed by atoms with Crippen LogP contribution < -0.4 is 10.9 Å². The fourth-order valence-corrected chi connectivity index (χ4v) is 4.64. The number of carbonyl (C=O) groups excluding carboxylic acids is 2. The number of amides is 2. The van der Waals surface area contributed by atoms with Crippen LogP contribution in [0.1, 0.15) is 58.0 Å². The maximum Gasteiger partial charge on any atom is 0.425 e. The minimum atomic E-state index is -5.14. The van der Waals surface area contributed by atoms with Gasteiger partial charge in [0.15, 0.2) is 5.82 Å². The van der Waals surface area contributed by atoms with E-state index in [1.165, 1.54) is 24.6 Å². The fraction of sp³-hybridized carbons (Fsp3) is 0.526. The van der Waals surface area contributed by atoms with Crippen LogP contribution in [0.4, 0.5) is 13.2 Å². The number of halogens is 3. The molecular weight excluding hydrogens is 421 g/mol. The number of imidazole rings is 1. The van der Waals surface area contributed by atoms with Crippen LogP contribution in [-0.2, 0) is 30.3 Å². The first-order valence-electron chi connectivity index (χ1n) is 9.59. The molecule has 2 aromatic heterocycles. The number of aliphatic hydroxyl groups is 1. The van der Waals surface area contributed by atoms with Crippen molar-refractivity contribution in [2.45, 2.75) is 56.7 Å². The lowest BCUT2D eigenvalue weighted by Crippen LogP contribution is -2.50. The summed E-state index contributed by atoms with van der Waals surface area (Å²) in [6.45, 7) is 0. The Kier molecular flexibility index (Phi) is 6.51. The van der Waals surface area contributed by atoms with Gasteiger partial charge in [0.2, 0.25) is 11.5 Å². The van der Waals surface area contributed by atoms with Gasteiger partial charge >= 0.3 is 6.18 Å². The van der Waals surface area contributed by atoms with E-state index in [2.05, 4.69) is 10.4 Å². The van der Waals surface area contributed by atoms with Gasteiger partial charge in [-0.05, 0) is 37.3 Å². The average molecular weight is 444 g/mol. The molecule has 3 rings (SSSR count). The second-order valence-electron chi connectivity index (χ2n) is 7.37. The molecular formula is C19H23F3N4O3S. The van der Waals surface area contributed by atoms with Crippen LogP contribution in [0.5, 0.6) is 0 Å². The third-order valence-electron chi connectivity index (χ3n) is 5.11. The zero-order valence-electron chi connectivity index (χ0n) is 16.4. The molecule has 2 heterocycles. The summed E-state index contributed by atoms with van der Waals surface area (Å²) in [4.78, 5) is 29.5. The standard InChI is InChI=1S/C19H23F3N4O3S/c1-26-9-8-23-17(26)18(29,19(20,21)22)11-15(27)24-25-16(28)14-10-12-6-4-2-3-5-7-13(12)30-14/h8-10,29H,2-7,11H2,1H3,(H,24,27)(H,25,28). The highest BCUT2D eigenvalue weighted by molar-refractivity contribution is 7.14. The predicted molar refractivity (Wildman–Crippen MR) is 104 cm³/mol. The number of hydrazine groups is 1. The van der Waals surface area contributed by atoms with E-state index < -0.39 is 35.8 Å². The van der Waals surface area contributed by atoms with Gasteiger partial charge in [-0.15, -0.1) is 11.3 Å². The van der Waals surface area contributed by atoms with E-state index in [9.17, 15) is 27.9 Å². The van der Waals surface area contributed by atoms with Gasteiger partial charge < -0.3 is 9.67 Å². The molecule has 0 spiro atoms. The van der Waals surface area contributed by atoms with Gasteiger partial charge in [0.25, 0.3) is 5.91 Å². The Balaban J connectivity index is 1.65. The van der Waals surface area contributed by atoms with Crippen molar-refractivity contribution in [3.63, 3.8) is 0 Å². The molecule has 0 aliphatic heterocycles. The van der Waals surface area contributed by atoms with E-state index in [0.717, 1.165) is 59.7 Å². The number of rotatable bonds is 4. The highest BCUT2D eigenvalue weighted by Gasteiger charge is 2.58. The summed E-state index contributed by atoms with van der Waals surface area (Å²) in [5.41, 5.74) is 1.73. The molecule has 7 nitrogen and oxygen atoms in total. The molecule has 2 amide bonds. The highest BCUT2D eigenvalue weighted by atomic mass is 32.1. The highest BCUT2D eigenvalue weighted by Crippen LogP contribution is 2.40. The number of nitrogens with zero attached hydrogens (tertiary/aromatic N) is 2. The van der Waals surface area contributed by atoms with Gasteiger partial charge in [0.05, 0.1) is 11.3 Å². The zero-order chi connectivity index (χ0) is 21.9. The maximum absolute atomic E-state index is 13.5. The average Bonchev–Trinajstić information content (AvgIpc) is 3.25.